The van der Waals surface area contributed by atoms with Crippen LogP contribution in [0.25, 0.3) is 11.1 Å². The number of aromatic nitrogens is 2. The summed E-state index contributed by atoms with van der Waals surface area (Å²) in [7, 11) is 0. The van der Waals surface area contributed by atoms with Crippen molar-refractivity contribution in [2.45, 2.75) is 76.6 Å². The molecule has 1 saturated carbocycles. The van der Waals surface area contributed by atoms with Crippen LogP contribution in [0, 0.1) is 0 Å². The normalized spacial score (nSPS) is 18.2. The van der Waals surface area contributed by atoms with Crippen LogP contribution >= 0.6 is 23.2 Å². The number of carboxylic acid groups (broad SMARTS) is 1. The Morgan fingerprint density at radius 1 is 0.868 bits per heavy atom. The number of aliphatic hydroxyl groups excluding tert-OH is 1. The van der Waals surface area contributed by atoms with E-state index in [0.29, 0.717) is 54.5 Å². The molecule has 1 saturated heterocycles. The third-order valence-corrected chi connectivity index (χ3v) is 11.1. The largest absolute Gasteiger partial charge is 0.480 e. The van der Waals surface area contributed by atoms with Crippen LogP contribution in [-0.4, -0.2) is 79.5 Å². The molecular formula is C40H42Cl2N6O5. The summed E-state index contributed by atoms with van der Waals surface area (Å²) in [5, 5.41) is 25.9. The van der Waals surface area contributed by atoms with Gasteiger partial charge < -0.3 is 20.8 Å². The lowest BCUT2D eigenvalue weighted by molar-refractivity contribution is -0.144. The molecule has 2 aromatic carbocycles. The number of β-amino-alcohol motifs (C(OH)–C–C–N with tert-alkyl or cyclic N) is 1. The molecule has 2 amide bonds. The molecule has 0 bridgehead atoms. The van der Waals surface area contributed by atoms with Gasteiger partial charge in [-0.1, -0.05) is 53.9 Å². The number of rotatable bonds is 11. The highest BCUT2D eigenvalue weighted by molar-refractivity contribution is 6.40. The number of likely N-dealkylation sites (tertiary alicyclic amines) is 1. The van der Waals surface area contributed by atoms with Gasteiger partial charge in [0.25, 0.3) is 11.8 Å². The van der Waals surface area contributed by atoms with E-state index in [1.54, 1.807) is 55.7 Å². The van der Waals surface area contributed by atoms with E-state index >= 15 is 0 Å². The molecule has 4 N–H and O–H groups in total. The van der Waals surface area contributed by atoms with Gasteiger partial charge in [-0.3, -0.25) is 34.2 Å². The van der Waals surface area contributed by atoms with E-state index in [2.05, 4.69) is 25.5 Å². The van der Waals surface area contributed by atoms with E-state index in [-0.39, 0.29) is 21.4 Å². The first kappa shape index (κ1) is 36.9. The maximum atomic E-state index is 13.6. The van der Waals surface area contributed by atoms with Gasteiger partial charge in [0.2, 0.25) is 0 Å². The standard InChI is InChI=1S/C40H42Cl2N6O5/c1-23(49)20-47-15-13-25-16-33(43-18-26(25)21-47)38(50)45-31-8-4-6-28(36(31)41)29-7-5-9-32(37(29)42)46-39(51)34-17-30(24-11-12-24)27(19-44-34)22-48-14-3-2-10-35(48)40(52)53/h4-9,16-19,23-24,35,49H,2-3,10-15,20-22H2,1H3,(H,45,50)(H,46,51)(H,52,53)/t23-,35+/m1/s1. The van der Waals surface area contributed by atoms with E-state index in [1.807, 2.05) is 17.0 Å². The molecule has 4 aromatic rings. The molecule has 1 aliphatic carbocycles. The fraction of sp³-hybridized carbons (Fsp3) is 0.375. The van der Waals surface area contributed by atoms with Gasteiger partial charge in [0.1, 0.15) is 17.4 Å². The average molecular weight is 758 g/mol. The van der Waals surface area contributed by atoms with Crippen LogP contribution in [0.1, 0.15) is 88.2 Å². The van der Waals surface area contributed by atoms with E-state index < -0.39 is 29.9 Å². The van der Waals surface area contributed by atoms with Crippen molar-refractivity contribution in [1.82, 2.24) is 19.8 Å². The minimum atomic E-state index is -0.802. The second kappa shape index (κ2) is 15.9. The van der Waals surface area contributed by atoms with Crippen LogP contribution < -0.4 is 10.6 Å². The number of amides is 2. The Balaban J connectivity index is 1.06. The Labute approximate surface area is 318 Å². The summed E-state index contributed by atoms with van der Waals surface area (Å²) in [6.07, 6.45) is 8.29. The van der Waals surface area contributed by atoms with Crippen molar-refractivity contribution in [3.63, 3.8) is 0 Å². The van der Waals surface area contributed by atoms with Crippen molar-refractivity contribution in [2.75, 3.05) is 30.3 Å². The Bertz CT molecular complexity index is 2050. The van der Waals surface area contributed by atoms with Crippen LogP contribution in [-0.2, 0) is 24.3 Å². The second-order valence-electron chi connectivity index (χ2n) is 14.3. The monoisotopic (exact) mass is 756 g/mol. The van der Waals surface area contributed by atoms with Crippen molar-refractivity contribution >= 4 is 52.4 Å². The summed E-state index contributed by atoms with van der Waals surface area (Å²) in [4.78, 5) is 51.9. The number of carbonyl (C=O) groups is 3. The zero-order chi connectivity index (χ0) is 37.2. The van der Waals surface area contributed by atoms with Gasteiger partial charge in [0.15, 0.2) is 0 Å². The van der Waals surface area contributed by atoms with Gasteiger partial charge in [0, 0.05) is 49.7 Å². The fourth-order valence-electron chi connectivity index (χ4n) is 7.41. The molecule has 13 heteroatoms. The number of nitrogens with one attached hydrogen (secondary N) is 2. The van der Waals surface area contributed by atoms with Crippen molar-refractivity contribution in [2.24, 2.45) is 0 Å². The number of nitrogens with zero attached hydrogens (tertiary/aromatic N) is 4. The summed E-state index contributed by atoms with van der Waals surface area (Å²) < 4.78 is 0. The summed E-state index contributed by atoms with van der Waals surface area (Å²) in [6.45, 7) is 5.01. The molecular weight excluding hydrogens is 715 g/mol. The molecule has 7 rings (SSSR count). The van der Waals surface area contributed by atoms with Crippen LogP contribution in [0.2, 0.25) is 10.0 Å². The van der Waals surface area contributed by atoms with Crippen molar-refractivity contribution in [3.8, 4) is 11.1 Å². The fourth-order valence-corrected chi connectivity index (χ4v) is 7.96. The first-order chi connectivity index (χ1) is 25.5. The molecule has 2 aliphatic heterocycles. The zero-order valence-corrected chi connectivity index (χ0v) is 31.0. The highest BCUT2D eigenvalue weighted by Gasteiger charge is 2.32. The summed E-state index contributed by atoms with van der Waals surface area (Å²) >= 11 is 13.8. The lowest BCUT2D eigenvalue weighted by atomic mass is 9.99. The Morgan fingerprint density at radius 2 is 1.51 bits per heavy atom. The number of hydrogen-bond acceptors (Lipinski definition) is 8. The second-order valence-corrected chi connectivity index (χ2v) is 15.0. The highest BCUT2D eigenvalue weighted by Crippen LogP contribution is 2.43. The van der Waals surface area contributed by atoms with Crippen LogP contribution in [0.5, 0.6) is 0 Å². The maximum absolute atomic E-state index is 13.6. The number of anilines is 2. The smallest absolute Gasteiger partial charge is 0.320 e. The third kappa shape index (κ3) is 8.40. The topological polar surface area (TPSA) is 148 Å². The molecule has 3 aliphatic rings. The summed E-state index contributed by atoms with van der Waals surface area (Å²) in [6, 6.07) is 13.6. The average Bonchev–Trinajstić information content (AvgIpc) is 3.99. The van der Waals surface area contributed by atoms with Crippen LogP contribution in [0.3, 0.4) is 0 Å². The zero-order valence-electron chi connectivity index (χ0n) is 29.4. The number of aliphatic hydroxyl groups is 1. The number of halogens is 2. The molecule has 4 heterocycles. The molecule has 53 heavy (non-hydrogen) atoms. The minimum Gasteiger partial charge on any atom is -0.480 e. The summed E-state index contributed by atoms with van der Waals surface area (Å²) in [5.41, 5.74) is 6.51. The highest BCUT2D eigenvalue weighted by atomic mass is 35.5. The Morgan fingerprint density at radius 3 is 2.13 bits per heavy atom. The van der Waals surface area contributed by atoms with Gasteiger partial charge >= 0.3 is 5.97 Å². The Hall–Kier alpha value is -4.39. The van der Waals surface area contributed by atoms with Crippen molar-refractivity contribution in [1.29, 1.82) is 0 Å². The summed E-state index contributed by atoms with van der Waals surface area (Å²) in [5.74, 6) is -1.29. The first-order valence-corrected chi connectivity index (χ1v) is 18.8. The molecule has 0 spiro atoms. The molecule has 276 valence electrons. The molecule has 11 nitrogen and oxygen atoms in total. The van der Waals surface area contributed by atoms with Gasteiger partial charge in [-0.2, -0.15) is 0 Å². The number of benzene rings is 2. The Kier molecular flexibility index (Phi) is 11.1. The lowest BCUT2D eigenvalue weighted by Gasteiger charge is -2.33. The SMILES string of the molecule is C[C@@H](O)CN1CCc2cc(C(=O)Nc3cccc(-c4cccc(NC(=O)c5cc(C6CC6)c(CN6CCCC[C@H]6C(=O)O)cn5)c4Cl)c3Cl)ncc2C1. The molecule has 2 aromatic heterocycles. The number of pyridine rings is 2. The van der Waals surface area contributed by atoms with Gasteiger partial charge in [-0.25, -0.2) is 0 Å². The van der Waals surface area contributed by atoms with Gasteiger partial charge in [0.05, 0.1) is 27.5 Å². The van der Waals surface area contributed by atoms with Crippen molar-refractivity contribution < 1.29 is 24.6 Å². The first-order valence-electron chi connectivity index (χ1n) is 18.1. The van der Waals surface area contributed by atoms with E-state index in [9.17, 15) is 24.6 Å². The third-order valence-electron chi connectivity index (χ3n) is 10.3. The maximum Gasteiger partial charge on any atom is 0.320 e. The van der Waals surface area contributed by atoms with E-state index in [1.165, 1.54) is 0 Å². The van der Waals surface area contributed by atoms with Crippen LogP contribution in [0.15, 0.2) is 60.9 Å². The van der Waals surface area contributed by atoms with Crippen LogP contribution in [0.4, 0.5) is 11.4 Å². The number of carboxylic acids is 1. The quantitative estimate of drug-likeness (QED) is 0.127. The van der Waals surface area contributed by atoms with Gasteiger partial charge in [-0.15, -0.1) is 0 Å². The minimum absolute atomic E-state index is 0.251. The van der Waals surface area contributed by atoms with E-state index in [4.69, 9.17) is 23.2 Å². The predicted octanol–water partition coefficient (Wildman–Crippen LogP) is 7.01. The molecule has 2 atom stereocenters. The van der Waals surface area contributed by atoms with E-state index in [0.717, 1.165) is 67.4 Å². The number of carbonyl (C=O) groups excluding carboxylic acids is 2. The predicted molar refractivity (Wildman–Crippen MR) is 205 cm³/mol. The lowest BCUT2D eigenvalue weighted by Crippen LogP contribution is -2.44. The van der Waals surface area contributed by atoms with Crippen molar-refractivity contribution in [3.05, 3.63) is 105 Å². The number of aliphatic carboxylic acids is 1. The number of fused-ring (bicyclic) bond motifs is 1. The number of hydrogen-bond donors (Lipinski definition) is 4. The van der Waals surface area contributed by atoms with Gasteiger partial charge in [-0.05, 0) is 98.0 Å². The molecule has 0 unspecified atom stereocenters. The molecule has 0 radical (unpaired) electrons. The number of piperidine rings is 1. The molecule has 2 fully saturated rings.